The van der Waals surface area contributed by atoms with Crippen LogP contribution in [0.1, 0.15) is 5.82 Å². The van der Waals surface area contributed by atoms with E-state index >= 15 is 0 Å². The molecule has 12 heavy (non-hydrogen) atoms. The van der Waals surface area contributed by atoms with Crippen molar-refractivity contribution in [3.63, 3.8) is 0 Å². The first-order valence-corrected chi connectivity index (χ1v) is 4.11. The first-order valence-electron chi connectivity index (χ1n) is 3.34. The Morgan fingerprint density at radius 3 is 3.00 bits per heavy atom. The Kier molecular flexibility index (Phi) is 1.54. The molecule has 2 aromatic heterocycles. The molecule has 0 spiro atoms. The minimum atomic E-state index is -0.189. The molecule has 0 aromatic carbocycles. The summed E-state index contributed by atoms with van der Waals surface area (Å²) in [6.45, 7) is 1.79. The lowest BCUT2D eigenvalue weighted by molar-refractivity contribution is 0.957. The Morgan fingerprint density at radius 2 is 2.50 bits per heavy atom. The van der Waals surface area contributed by atoms with Crippen LogP contribution in [0.15, 0.2) is 17.2 Å². The van der Waals surface area contributed by atoms with Gasteiger partial charge in [-0.05, 0) is 6.92 Å². The molecule has 5 nitrogen and oxygen atoms in total. The van der Waals surface area contributed by atoms with Gasteiger partial charge in [0.15, 0.2) is 0 Å². The number of imidazole rings is 1. The largest absolute Gasteiger partial charge is 0.331 e. The zero-order chi connectivity index (χ0) is 8.55. The molecule has 0 fully saturated rings. The van der Waals surface area contributed by atoms with Gasteiger partial charge >= 0.3 is 5.69 Å². The molecule has 62 valence electrons. The van der Waals surface area contributed by atoms with Gasteiger partial charge in [0.1, 0.15) is 5.82 Å². The average molecular weight is 182 g/mol. The van der Waals surface area contributed by atoms with Crippen LogP contribution in [-0.4, -0.2) is 18.9 Å². The molecule has 0 bridgehead atoms. The van der Waals surface area contributed by atoms with E-state index in [4.69, 9.17) is 0 Å². The zero-order valence-electron chi connectivity index (χ0n) is 6.31. The predicted molar refractivity (Wildman–Crippen MR) is 44.6 cm³/mol. The van der Waals surface area contributed by atoms with E-state index in [-0.39, 0.29) is 5.69 Å². The van der Waals surface area contributed by atoms with Crippen LogP contribution < -0.4 is 5.69 Å². The van der Waals surface area contributed by atoms with Gasteiger partial charge in [-0.15, -0.1) is 0 Å². The van der Waals surface area contributed by atoms with Gasteiger partial charge in [-0.3, -0.25) is 0 Å². The van der Waals surface area contributed by atoms with Gasteiger partial charge in [0, 0.05) is 23.9 Å². The summed E-state index contributed by atoms with van der Waals surface area (Å²) in [6, 6.07) is 0. The van der Waals surface area contributed by atoms with Crippen molar-refractivity contribution in [2.75, 3.05) is 0 Å². The highest BCUT2D eigenvalue weighted by Crippen LogP contribution is 2.06. The number of nitrogens with one attached hydrogen (secondary N) is 1. The van der Waals surface area contributed by atoms with Gasteiger partial charge in [0.25, 0.3) is 0 Å². The normalized spacial score (nSPS) is 10.4. The van der Waals surface area contributed by atoms with E-state index in [9.17, 15) is 4.79 Å². The van der Waals surface area contributed by atoms with Gasteiger partial charge in [0.2, 0.25) is 5.13 Å². The fourth-order valence-electron chi connectivity index (χ4n) is 0.855. The number of hydrogen-bond acceptors (Lipinski definition) is 4. The lowest BCUT2D eigenvalue weighted by Crippen LogP contribution is -2.13. The van der Waals surface area contributed by atoms with E-state index in [1.807, 2.05) is 0 Å². The van der Waals surface area contributed by atoms with Crippen LogP contribution in [0.5, 0.6) is 0 Å². The van der Waals surface area contributed by atoms with Crippen molar-refractivity contribution >= 4 is 11.5 Å². The maximum Gasteiger partial charge on any atom is 0.331 e. The summed E-state index contributed by atoms with van der Waals surface area (Å²) in [5.74, 6) is 0.683. The molecular weight excluding hydrogens is 176 g/mol. The molecule has 0 atom stereocenters. The minimum Gasteiger partial charge on any atom is -0.312 e. The van der Waals surface area contributed by atoms with E-state index in [2.05, 4.69) is 14.3 Å². The molecule has 2 rings (SSSR count). The Morgan fingerprint density at radius 1 is 1.67 bits per heavy atom. The van der Waals surface area contributed by atoms with Crippen LogP contribution in [0.25, 0.3) is 5.13 Å². The van der Waals surface area contributed by atoms with Crippen LogP contribution in [0.3, 0.4) is 0 Å². The third-order valence-corrected chi connectivity index (χ3v) is 2.18. The van der Waals surface area contributed by atoms with Gasteiger partial charge in [0.05, 0.1) is 0 Å². The van der Waals surface area contributed by atoms with Crippen LogP contribution in [-0.2, 0) is 0 Å². The third-order valence-electron chi connectivity index (χ3n) is 1.37. The first kappa shape index (κ1) is 7.23. The van der Waals surface area contributed by atoms with E-state index in [0.29, 0.717) is 11.0 Å². The third kappa shape index (κ3) is 1.06. The van der Waals surface area contributed by atoms with Crippen LogP contribution in [0.2, 0.25) is 0 Å². The van der Waals surface area contributed by atoms with Gasteiger partial charge in [-0.25, -0.2) is 14.3 Å². The molecular formula is C6H6N4OS. The van der Waals surface area contributed by atoms with E-state index in [1.54, 1.807) is 19.3 Å². The summed E-state index contributed by atoms with van der Waals surface area (Å²) < 4.78 is 5.39. The van der Waals surface area contributed by atoms with Crippen LogP contribution >= 0.6 is 11.5 Å². The summed E-state index contributed by atoms with van der Waals surface area (Å²) in [6.07, 6.45) is 3.20. The topological polar surface area (TPSA) is 63.6 Å². The fourth-order valence-corrected chi connectivity index (χ4v) is 1.51. The summed E-state index contributed by atoms with van der Waals surface area (Å²) >= 11 is 1.20. The Labute approximate surface area is 71.9 Å². The highest BCUT2D eigenvalue weighted by atomic mass is 32.1. The quantitative estimate of drug-likeness (QED) is 0.691. The van der Waals surface area contributed by atoms with Crippen molar-refractivity contribution in [2.45, 2.75) is 6.92 Å². The van der Waals surface area contributed by atoms with Crippen LogP contribution in [0.4, 0.5) is 0 Å². The van der Waals surface area contributed by atoms with Gasteiger partial charge in [-0.1, -0.05) is 0 Å². The molecule has 2 aromatic rings. The number of H-pyrrole nitrogens is 1. The molecule has 6 heteroatoms. The van der Waals surface area contributed by atoms with Gasteiger partial charge < -0.3 is 4.98 Å². The van der Waals surface area contributed by atoms with Crippen molar-refractivity contribution in [2.24, 2.45) is 0 Å². The highest BCUT2D eigenvalue weighted by Gasteiger charge is 2.03. The second kappa shape index (κ2) is 2.56. The molecule has 2 heterocycles. The number of hydrogen-bond donors (Lipinski definition) is 1. The van der Waals surface area contributed by atoms with Crippen molar-refractivity contribution in [1.29, 1.82) is 0 Å². The lowest BCUT2D eigenvalue weighted by atomic mass is 10.7. The smallest absolute Gasteiger partial charge is 0.312 e. The first-order chi connectivity index (χ1) is 5.77. The number of aromatic nitrogens is 4. The Balaban J connectivity index is 2.58. The van der Waals surface area contributed by atoms with Crippen molar-refractivity contribution in [3.8, 4) is 5.13 Å². The molecule has 1 N–H and O–H groups in total. The predicted octanol–water partition coefficient (Wildman–Crippen LogP) is 0.326. The second-order valence-corrected chi connectivity index (χ2v) is 2.99. The zero-order valence-corrected chi connectivity index (χ0v) is 7.13. The van der Waals surface area contributed by atoms with Crippen molar-refractivity contribution in [1.82, 2.24) is 18.9 Å². The minimum absolute atomic E-state index is 0.189. The standard InChI is InChI=1S/C6H6N4OS/c1-4-8-6(12-9-4)10-3-2-7-5(10)11/h2-3H,1H3,(H,7,11). The molecule has 0 unspecified atom stereocenters. The molecule has 0 radical (unpaired) electrons. The average Bonchev–Trinajstić information content (AvgIpc) is 2.58. The van der Waals surface area contributed by atoms with E-state index in [1.165, 1.54) is 16.1 Å². The lowest BCUT2D eigenvalue weighted by Gasteiger charge is -1.88. The molecule has 0 saturated heterocycles. The second-order valence-electron chi connectivity index (χ2n) is 2.26. The number of aromatic amines is 1. The molecule has 0 amide bonds. The van der Waals surface area contributed by atoms with E-state index < -0.39 is 0 Å². The number of nitrogens with zero attached hydrogens (tertiary/aromatic N) is 3. The SMILES string of the molecule is Cc1nsc(-n2cc[nH]c2=O)n1. The number of aryl methyl sites for hydroxylation is 1. The Bertz CT molecular complexity index is 440. The molecule has 0 saturated carbocycles. The summed E-state index contributed by atoms with van der Waals surface area (Å²) in [5.41, 5.74) is -0.189. The van der Waals surface area contributed by atoms with Crippen molar-refractivity contribution < 1.29 is 0 Å². The highest BCUT2D eigenvalue weighted by molar-refractivity contribution is 7.08. The van der Waals surface area contributed by atoms with E-state index in [0.717, 1.165) is 0 Å². The number of rotatable bonds is 1. The van der Waals surface area contributed by atoms with Crippen LogP contribution in [0, 0.1) is 6.92 Å². The summed E-state index contributed by atoms with van der Waals surface area (Å²) in [7, 11) is 0. The molecule has 0 aliphatic heterocycles. The summed E-state index contributed by atoms with van der Waals surface area (Å²) in [4.78, 5) is 17.7. The van der Waals surface area contributed by atoms with Crippen molar-refractivity contribution in [3.05, 3.63) is 28.7 Å². The Hall–Kier alpha value is -1.43. The maximum atomic E-state index is 11.1. The molecule has 0 aliphatic carbocycles. The maximum absolute atomic E-state index is 11.1. The summed E-state index contributed by atoms with van der Waals surface area (Å²) in [5, 5.41) is 0.596. The fraction of sp³-hybridized carbons (Fsp3) is 0.167. The van der Waals surface area contributed by atoms with Gasteiger partial charge in [-0.2, -0.15) is 4.37 Å². The molecule has 0 aliphatic rings. The monoisotopic (exact) mass is 182 g/mol.